The molecule has 0 unspecified atom stereocenters. The van der Waals surface area contributed by atoms with E-state index in [0.29, 0.717) is 5.56 Å². The number of hydrogen-bond acceptors (Lipinski definition) is 4. The van der Waals surface area contributed by atoms with Gasteiger partial charge in [-0.1, -0.05) is 0 Å². The fraction of sp³-hybridized carbons (Fsp3) is 0.111. The number of rotatable bonds is 1. The van der Waals surface area contributed by atoms with Gasteiger partial charge in [-0.15, -0.1) is 0 Å². The molecule has 0 atom stereocenters. The zero-order chi connectivity index (χ0) is 10.3. The Morgan fingerprint density at radius 2 is 2.00 bits per heavy atom. The number of phenolic OH excluding ortho intramolecular Hbond substituents is 1. The summed E-state index contributed by atoms with van der Waals surface area (Å²) >= 11 is 0. The van der Waals surface area contributed by atoms with Gasteiger partial charge in [-0.3, -0.25) is 0 Å². The molecule has 4 nitrogen and oxygen atoms in total. The van der Waals surface area contributed by atoms with E-state index in [-0.39, 0.29) is 15.6 Å². The fourth-order valence-corrected chi connectivity index (χ4v) is 2.85. The van der Waals surface area contributed by atoms with E-state index in [9.17, 15) is 8.42 Å². The molecule has 0 saturated heterocycles. The fourth-order valence-electron chi connectivity index (χ4n) is 1.40. The molecule has 1 aromatic rings. The molecule has 0 amide bonds. The van der Waals surface area contributed by atoms with Gasteiger partial charge in [0.15, 0.2) is 0 Å². The van der Waals surface area contributed by atoms with Gasteiger partial charge in [-0.2, -0.15) is 0 Å². The van der Waals surface area contributed by atoms with E-state index in [0.717, 1.165) is 0 Å². The second kappa shape index (κ2) is 2.83. The lowest BCUT2D eigenvalue weighted by molar-refractivity contribution is 0.339. The Balaban J connectivity index is 2.71. The van der Waals surface area contributed by atoms with Gasteiger partial charge in [0.25, 0.3) is 0 Å². The molecule has 0 saturated carbocycles. The summed E-state index contributed by atoms with van der Waals surface area (Å²) in [5.74, 6) is -0.0973. The number of sulfone groups is 1. The normalized spacial score (nSPS) is 17.6. The highest BCUT2D eigenvalue weighted by Crippen LogP contribution is 2.34. The molecule has 14 heavy (non-hydrogen) atoms. The van der Waals surface area contributed by atoms with E-state index in [2.05, 4.69) is 0 Å². The minimum absolute atomic E-state index is 0.0295. The van der Waals surface area contributed by atoms with Crippen molar-refractivity contribution >= 4 is 15.9 Å². The maximum atomic E-state index is 11.6. The van der Waals surface area contributed by atoms with Crippen molar-refractivity contribution in [2.45, 2.75) is 4.90 Å². The highest BCUT2D eigenvalue weighted by Gasteiger charge is 2.28. The quantitative estimate of drug-likeness (QED) is 0.711. The number of fused-ring (bicyclic) bond motifs is 1. The smallest absolute Gasteiger partial charge is 0.205 e. The molecule has 2 rings (SSSR count). The van der Waals surface area contributed by atoms with Crippen molar-refractivity contribution in [1.29, 1.82) is 0 Å². The average Bonchev–Trinajstić information content (AvgIpc) is 2.38. The van der Waals surface area contributed by atoms with Gasteiger partial charge in [0.1, 0.15) is 5.75 Å². The molecule has 0 radical (unpaired) electrons. The average molecular weight is 212 g/mol. The predicted molar refractivity (Wildman–Crippen MR) is 50.4 cm³/mol. The van der Waals surface area contributed by atoms with Crippen molar-refractivity contribution in [3.05, 3.63) is 28.7 Å². The van der Waals surface area contributed by atoms with Gasteiger partial charge in [-0.25, -0.2) is 8.42 Å². The Bertz CT molecular complexity index is 514. The van der Waals surface area contributed by atoms with Crippen molar-refractivity contribution in [2.75, 3.05) is 6.61 Å². The van der Waals surface area contributed by atoms with Gasteiger partial charge in [0.2, 0.25) is 9.84 Å². The number of aromatic hydroxyl groups is 1. The Kier molecular flexibility index (Phi) is 1.87. The molecule has 0 aliphatic carbocycles. The lowest BCUT2D eigenvalue weighted by Crippen LogP contribution is -2.03. The number of aliphatic hydroxyl groups is 1. The standard InChI is InChI=1S/C9H8O4S/c10-5-8-3-6-1-2-7(11)4-9(6)14(8,12)13/h1-4,10-11H,5H2. The summed E-state index contributed by atoms with van der Waals surface area (Å²) in [4.78, 5) is 0.0275. The summed E-state index contributed by atoms with van der Waals surface area (Å²) in [6, 6.07) is 4.10. The van der Waals surface area contributed by atoms with Crippen LogP contribution in [-0.4, -0.2) is 25.2 Å². The van der Waals surface area contributed by atoms with Crippen LogP contribution in [0.15, 0.2) is 28.0 Å². The Hall–Kier alpha value is -1.33. The highest BCUT2D eigenvalue weighted by atomic mass is 32.2. The molecule has 0 bridgehead atoms. The summed E-state index contributed by atoms with van der Waals surface area (Å²) in [6.07, 6.45) is 1.41. The summed E-state index contributed by atoms with van der Waals surface area (Å²) in [7, 11) is -3.57. The van der Waals surface area contributed by atoms with Crippen molar-refractivity contribution in [2.24, 2.45) is 0 Å². The summed E-state index contributed by atoms with van der Waals surface area (Å²) in [5.41, 5.74) is 0.506. The summed E-state index contributed by atoms with van der Waals surface area (Å²) in [6.45, 7) is -0.516. The Labute approximate surface area is 81.0 Å². The van der Waals surface area contributed by atoms with Crippen LogP contribution in [0.1, 0.15) is 5.56 Å². The molecule has 1 aromatic carbocycles. The second-order valence-corrected chi connectivity index (χ2v) is 4.97. The van der Waals surface area contributed by atoms with Crippen molar-refractivity contribution in [3.8, 4) is 5.75 Å². The van der Waals surface area contributed by atoms with Crippen molar-refractivity contribution in [1.82, 2.24) is 0 Å². The SMILES string of the molecule is O=S1(=O)C(CO)=Cc2ccc(O)cc21. The van der Waals surface area contributed by atoms with Gasteiger partial charge >= 0.3 is 0 Å². The number of hydrogen-bond donors (Lipinski definition) is 2. The third-order valence-electron chi connectivity index (χ3n) is 2.10. The lowest BCUT2D eigenvalue weighted by Gasteiger charge is -2.00. The molecule has 5 heteroatoms. The van der Waals surface area contributed by atoms with Crippen LogP contribution in [0.4, 0.5) is 0 Å². The highest BCUT2D eigenvalue weighted by molar-refractivity contribution is 7.95. The van der Waals surface area contributed by atoms with Gasteiger partial charge in [0, 0.05) is 0 Å². The van der Waals surface area contributed by atoms with E-state index in [4.69, 9.17) is 10.2 Å². The Morgan fingerprint density at radius 1 is 1.29 bits per heavy atom. The monoisotopic (exact) mass is 212 g/mol. The van der Waals surface area contributed by atoms with Crippen LogP contribution in [-0.2, 0) is 9.84 Å². The molecule has 1 aliphatic rings. The zero-order valence-corrected chi connectivity index (χ0v) is 7.95. The van der Waals surface area contributed by atoms with E-state index in [1.54, 1.807) is 0 Å². The van der Waals surface area contributed by atoms with Crippen LogP contribution in [0.25, 0.3) is 6.08 Å². The van der Waals surface area contributed by atoms with Crippen LogP contribution in [0, 0.1) is 0 Å². The van der Waals surface area contributed by atoms with Crippen molar-refractivity contribution in [3.63, 3.8) is 0 Å². The lowest BCUT2D eigenvalue weighted by atomic mass is 10.2. The first-order valence-corrected chi connectivity index (χ1v) is 5.43. The van der Waals surface area contributed by atoms with E-state index in [1.807, 2.05) is 0 Å². The van der Waals surface area contributed by atoms with Crippen LogP contribution in [0.3, 0.4) is 0 Å². The first kappa shape index (κ1) is 9.23. The largest absolute Gasteiger partial charge is 0.508 e. The first-order valence-electron chi connectivity index (χ1n) is 3.95. The molecule has 0 fully saturated rings. The predicted octanol–water partition coefficient (Wildman–Crippen LogP) is 0.513. The second-order valence-electron chi connectivity index (χ2n) is 2.99. The Morgan fingerprint density at radius 3 is 2.64 bits per heavy atom. The maximum Gasteiger partial charge on any atom is 0.205 e. The van der Waals surface area contributed by atoms with Crippen LogP contribution >= 0.6 is 0 Å². The molecule has 1 aliphatic heterocycles. The topological polar surface area (TPSA) is 74.6 Å². The van der Waals surface area contributed by atoms with Crippen LogP contribution < -0.4 is 0 Å². The number of aliphatic hydroxyl groups excluding tert-OH is 1. The molecule has 0 spiro atoms. The van der Waals surface area contributed by atoms with Crippen LogP contribution in [0.2, 0.25) is 0 Å². The molecule has 2 N–H and O–H groups in total. The zero-order valence-electron chi connectivity index (χ0n) is 7.14. The molecule has 74 valence electrons. The maximum absolute atomic E-state index is 11.6. The number of phenols is 1. The molecule has 0 aromatic heterocycles. The minimum Gasteiger partial charge on any atom is -0.508 e. The van der Waals surface area contributed by atoms with Crippen LogP contribution in [0.5, 0.6) is 5.75 Å². The summed E-state index contributed by atoms with van der Waals surface area (Å²) in [5, 5.41) is 18.0. The van der Waals surface area contributed by atoms with Gasteiger partial charge in [0.05, 0.1) is 16.4 Å². The number of benzene rings is 1. The van der Waals surface area contributed by atoms with Gasteiger partial charge < -0.3 is 10.2 Å². The van der Waals surface area contributed by atoms with Gasteiger partial charge in [-0.05, 0) is 29.8 Å². The first-order chi connectivity index (χ1) is 6.55. The molecule has 1 heterocycles. The minimum atomic E-state index is -3.57. The van der Waals surface area contributed by atoms with E-state index >= 15 is 0 Å². The van der Waals surface area contributed by atoms with Crippen molar-refractivity contribution < 1.29 is 18.6 Å². The van der Waals surface area contributed by atoms with E-state index in [1.165, 1.54) is 24.3 Å². The molecular formula is C9H8O4S. The molecular weight excluding hydrogens is 204 g/mol. The van der Waals surface area contributed by atoms with E-state index < -0.39 is 16.4 Å². The third-order valence-corrected chi connectivity index (χ3v) is 3.97. The summed E-state index contributed by atoms with van der Waals surface area (Å²) < 4.78 is 23.3. The third kappa shape index (κ3) is 1.13.